The van der Waals surface area contributed by atoms with Crippen LogP contribution in [-0.4, -0.2) is 26.2 Å². The summed E-state index contributed by atoms with van der Waals surface area (Å²) in [5.74, 6) is -0.900. The maximum absolute atomic E-state index is 11.5. The van der Waals surface area contributed by atoms with Crippen LogP contribution in [-0.2, 0) is 9.47 Å². The Morgan fingerprint density at radius 3 is 2.06 bits per heavy atom. The highest BCUT2D eigenvalue weighted by molar-refractivity contribution is 5.98. The fraction of sp³-hybridized carbons (Fsp3) is 0.333. The number of hydrogen-bond donors (Lipinski definition) is 0. The topological polar surface area (TPSA) is 52.6 Å². The van der Waals surface area contributed by atoms with E-state index in [1.807, 2.05) is 0 Å². The van der Waals surface area contributed by atoms with Crippen LogP contribution in [0.2, 0.25) is 0 Å². The largest absolute Gasteiger partial charge is 0.465 e. The fourth-order valence-corrected chi connectivity index (χ4v) is 1.59. The smallest absolute Gasteiger partial charge is 0.338 e. The normalized spacial score (nSPS) is 9.75. The molecule has 0 saturated heterocycles. The van der Waals surface area contributed by atoms with Crippen LogP contribution in [0, 0.1) is 13.8 Å². The van der Waals surface area contributed by atoms with Crippen LogP contribution in [0.25, 0.3) is 0 Å². The summed E-state index contributed by atoms with van der Waals surface area (Å²) >= 11 is 0. The molecular formula is C12H14O4. The molecule has 0 spiro atoms. The zero-order valence-electron chi connectivity index (χ0n) is 9.79. The van der Waals surface area contributed by atoms with Crippen molar-refractivity contribution in [2.75, 3.05) is 14.2 Å². The molecule has 0 atom stereocenters. The summed E-state index contributed by atoms with van der Waals surface area (Å²) in [7, 11) is 2.62. The molecule has 86 valence electrons. The first-order chi connectivity index (χ1) is 7.52. The number of ether oxygens (including phenoxy) is 2. The second kappa shape index (κ2) is 4.79. The summed E-state index contributed by atoms with van der Waals surface area (Å²) in [6.07, 6.45) is 0. The summed E-state index contributed by atoms with van der Waals surface area (Å²) in [4.78, 5) is 23.0. The van der Waals surface area contributed by atoms with Gasteiger partial charge >= 0.3 is 11.9 Å². The minimum Gasteiger partial charge on any atom is -0.465 e. The lowest BCUT2D eigenvalue weighted by atomic mass is 9.98. The van der Waals surface area contributed by atoms with Gasteiger partial charge in [-0.2, -0.15) is 0 Å². The fourth-order valence-electron chi connectivity index (χ4n) is 1.59. The maximum atomic E-state index is 11.5. The van der Waals surface area contributed by atoms with Crippen LogP contribution in [0.15, 0.2) is 12.1 Å². The molecule has 16 heavy (non-hydrogen) atoms. The number of aryl methyl sites for hydroxylation is 1. The molecule has 0 radical (unpaired) electrons. The van der Waals surface area contributed by atoms with Gasteiger partial charge in [-0.05, 0) is 31.0 Å². The van der Waals surface area contributed by atoms with Gasteiger partial charge in [-0.15, -0.1) is 0 Å². The van der Waals surface area contributed by atoms with Gasteiger partial charge in [0.1, 0.15) is 0 Å². The second-order valence-electron chi connectivity index (χ2n) is 3.41. The number of carbonyl (C=O) groups is 2. The standard InChI is InChI=1S/C12H14O4/c1-7-5-6-9(11(13)15-3)8(2)10(7)12(14)16-4/h5-6H,1-4H3. The lowest BCUT2D eigenvalue weighted by Crippen LogP contribution is -2.12. The Bertz CT molecular complexity index is 435. The average molecular weight is 222 g/mol. The number of carbonyl (C=O) groups excluding carboxylic acids is 2. The monoisotopic (exact) mass is 222 g/mol. The first kappa shape index (κ1) is 12.2. The molecule has 4 heteroatoms. The van der Waals surface area contributed by atoms with Gasteiger partial charge in [-0.3, -0.25) is 0 Å². The number of benzene rings is 1. The van der Waals surface area contributed by atoms with Crippen molar-refractivity contribution in [3.8, 4) is 0 Å². The van der Waals surface area contributed by atoms with Crippen LogP contribution in [0.5, 0.6) is 0 Å². The Balaban J connectivity index is 3.38. The Labute approximate surface area is 94.2 Å². The lowest BCUT2D eigenvalue weighted by Gasteiger charge is -2.11. The summed E-state index contributed by atoms with van der Waals surface area (Å²) in [5.41, 5.74) is 2.16. The number of rotatable bonds is 2. The second-order valence-corrected chi connectivity index (χ2v) is 3.41. The molecule has 0 unspecified atom stereocenters. The van der Waals surface area contributed by atoms with Crippen molar-refractivity contribution >= 4 is 11.9 Å². The van der Waals surface area contributed by atoms with E-state index in [-0.39, 0.29) is 0 Å². The van der Waals surface area contributed by atoms with E-state index in [9.17, 15) is 9.59 Å². The summed E-state index contributed by atoms with van der Waals surface area (Å²) in [6, 6.07) is 3.34. The van der Waals surface area contributed by atoms with Gasteiger partial charge in [0.05, 0.1) is 25.3 Å². The van der Waals surface area contributed by atoms with Gasteiger partial charge in [0.25, 0.3) is 0 Å². The molecule has 0 fully saturated rings. The van der Waals surface area contributed by atoms with Crippen molar-refractivity contribution in [1.82, 2.24) is 0 Å². The molecule has 1 aromatic rings. The third-order valence-electron chi connectivity index (χ3n) is 2.47. The van der Waals surface area contributed by atoms with E-state index in [0.29, 0.717) is 16.7 Å². The first-order valence-corrected chi connectivity index (χ1v) is 4.79. The van der Waals surface area contributed by atoms with E-state index in [1.165, 1.54) is 14.2 Å². The van der Waals surface area contributed by atoms with Crippen molar-refractivity contribution in [2.45, 2.75) is 13.8 Å². The average Bonchev–Trinajstić information content (AvgIpc) is 2.28. The van der Waals surface area contributed by atoms with E-state index in [2.05, 4.69) is 9.47 Å². The van der Waals surface area contributed by atoms with Crippen LogP contribution < -0.4 is 0 Å². The molecule has 4 nitrogen and oxygen atoms in total. The Morgan fingerprint density at radius 1 is 1.00 bits per heavy atom. The minimum atomic E-state index is -0.456. The molecule has 0 saturated carbocycles. The molecule has 0 aliphatic rings. The SMILES string of the molecule is COC(=O)c1ccc(C)c(C(=O)OC)c1C. The van der Waals surface area contributed by atoms with E-state index in [4.69, 9.17) is 0 Å². The van der Waals surface area contributed by atoms with E-state index >= 15 is 0 Å². The highest BCUT2D eigenvalue weighted by Crippen LogP contribution is 2.19. The van der Waals surface area contributed by atoms with Gasteiger partial charge in [0.15, 0.2) is 0 Å². The lowest BCUT2D eigenvalue weighted by molar-refractivity contribution is 0.0597. The van der Waals surface area contributed by atoms with Crippen molar-refractivity contribution in [3.05, 3.63) is 34.4 Å². The predicted octanol–water partition coefficient (Wildman–Crippen LogP) is 1.88. The summed E-state index contributed by atoms with van der Waals surface area (Å²) < 4.78 is 9.31. The third-order valence-corrected chi connectivity index (χ3v) is 2.47. The highest BCUT2D eigenvalue weighted by atomic mass is 16.5. The zero-order chi connectivity index (χ0) is 12.3. The molecular weight excluding hydrogens is 208 g/mol. The highest BCUT2D eigenvalue weighted by Gasteiger charge is 2.18. The quantitative estimate of drug-likeness (QED) is 0.717. The van der Waals surface area contributed by atoms with E-state index in [0.717, 1.165) is 5.56 Å². The predicted molar refractivity (Wildman–Crippen MR) is 58.6 cm³/mol. The number of esters is 2. The van der Waals surface area contributed by atoms with Crippen molar-refractivity contribution < 1.29 is 19.1 Å². The number of methoxy groups -OCH3 is 2. The van der Waals surface area contributed by atoms with Crippen molar-refractivity contribution in [3.63, 3.8) is 0 Å². The molecule has 0 aliphatic carbocycles. The van der Waals surface area contributed by atoms with Gasteiger partial charge in [-0.25, -0.2) is 9.59 Å². The number of hydrogen-bond acceptors (Lipinski definition) is 4. The van der Waals surface area contributed by atoms with Crippen LogP contribution in [0.1, 0.15) is 31.8 Å². The molecule has 1 aromatic carbocycles. The Hall–Kier alpha value is -1.84. The first-order valence-electron chi connectivity index (χ1n) is 4.79. The molecule has 1 rings (SSSR count). The molecule has 0 bridgehead atoms. The molecule has 0 aromatic heterocycles. The molecule has 0 amide bonds. The Morgan fingerprint density at radius 2 is 1.56 bits per heavy atom. The van der Waals surface area contributed by atoms with Crippen LogP contribution in [0.4, 0.5) is 0 Å². The zero-order valence-corrected chi connectivity index (χ0v) is 9.79. The minimum absolute atomic E-state index is 0.383. The van der Waals surface area contributed by atoms with Crippen LogP contribution >= 0.6 is 0 Å². The van der Waals surface area contributed by atoms with Gasteiger partial charge in [-0.1, -0.05) is 6.07 Å². The third kappa shape index (κ3) is 2.05. The summed E-state index contributed by atoms with van der Waals surface area (Å²) in [6.45, 7) is 3.49. The van der Waals surface area contributed by atoms with Gasteiger partial charge < -0.3 is 9.47 Å². The molecule has 0 aliphatic heterocycles. The van der Waals surface area contributed by atoms with E-state index in [1.54, 1.807) is 26.0 Å². The Kier molecular flexibility index (Phi) is 3.66. The van der Waals surface area contributed by atoms with E-state index < -0.39 is 11.9 Å². The summed E-state index contributed by atoms with van der Waals surface area (Å²) in [5, 5.41) is 0. The molecule has 0 N–H and O–H groups in total. The molecule has 0 heterocycles. The van der Waals surface area contributed by atoms with Gasteiger partial charge in [0.2, 0.25) is 0 Å². The van der Waals surface area contributed by atoms with Crippen molar-refractivity contribution in [2.24, 2.45) is 0 Å². The van der Waals surface area contributed by atoms with Gasteiger partial charge in [0, 0.05) is 0 Å². The van der Waals surface area contributed by atoms with Crippen molar-refractivity contribution in [1.29, 1.82) is 0 Å². The van der Waals surface area contributed by atoms with Crippen LogP contribution in [0.3, 0.4) is 0 Å². The maximum Gasteiger partial charge on any atom is 0.338 e.